The highest BCUT2D eigenvalue weighted by molar-refractivity contribution is 5.94. The Morgan fingerprint density at radius 1 is 0.935 bits per heavy atom. The minimum absolute atomic E-state index is 0.00953. The van der Waals surface area contributed by atoms with Gasteiger partial charge in [-0.3, -0.25) is 9.48 Å². The number of hydrogen-bond acceptors (Lipinski definition) is 2. The van der Waals surface area contributed by atoms with Crippen LogP contribution in [-0.2, 0) is 25.4 Å². The Morgan fingerprint density at radius 3 is 2.06 bits per heavy atom. The molecule has 1 amide bonds. The highest BCUT2D eigenvalue weighted by atomic mass is 19.4. The van der Waals surface area contributed by atoms with Crippen LogP contribution in [0.25, 0.3) is 0 Å². The van der Waals surface area contributed by atoms with Crippen LogP contribution < -0.4 is 0 Å². The minimum atomic E-state index is -5.02. The van der Waals surface area contributed by atoms with E-state index < -0.39 is 35.0 Å². The molecule has 0 bridgehead atoms. The number of halogens is 6. The number of alkyl halides is 6. The van der Waals surface area contributed by atoms with Crippen LogP contribution in [0.3, 0.4) is 0 Å². The summed E-state index contributed by atoms with van der Waals surface area (Å²) >= 11 is 0. The van der Waals surface area contributed by atoms with Gasteiger partial charge in [0.2, 0.25) is 0 Å². The summed E-state index contributed by atoms with van der Waals surface area (Å²) in [6, 6.07) is 10.3. The molecule has 0 atom stereocenters. The molecule has 0 saturated heterocycles. The zero-order chi connectivity index (χ0) is 22.8. The van der Waals surface area contributed by atoms with Crippen molar-refractivity contribution in [1.82, 2.24) is 14.7 Å². The Kier molecular flexibility index (Phi) is 6.10. The molecule has 164 valence electrons. The van der Waals surface area contributed by atoms with Crippen molar-refractivity contribution in [3.05, 3.63) is 88.7 Å². The summed E-state index contributed by atoms with van der Waals surface area (Å²) in [7, 11) is 1.30. The molecule has 3 aromatic rings. The lowest BCUT2D eigenvalue weighted by atomic mass is 10.0. The lowest BCUT2D eigenvalue weighted by molar-refractivity contribution is -0.143. The normalized spacial score (nSPS) is 12.1. The van der Waals surface area contributed by atoms with E-state index in [1.807, 2.05) is 30.3 Å². The maximum Gasteiger partial charge on any atom is 0.416 e. The maximum absolute atomic E-state index is 13.0. The number of benzene rings is 2. The molecular weight excluding hydrogens is 424 g/mol. The zero-order valence-electron chi connectivity index (χ0n) is 16.2. The van der Waals surface area contributed by atoms with Gasteiger partial charge in [0.25, 0.3) is 5.91 Å². The van der Waals surface area contributed by atoms with E-state index in [0.29, 0.717) is 24.2 Å². The highest BCUT2D eigenvalue weighted by Crippen LogP contribution is 2.36. The molecule has 1 heterocycles. The molecular formula is C21H17F6N3O. The number of hydrogen-bond donors (Lipinski definition) is 0. The molecule has 0 aliphatic carbocycles. The predicted octanol–water partition coefficient (Wildman–Crippen LogP) is 5.24. The van der Waals surface area contributed by atoms with Crippen LogP contribution in [0.4, 0.5) is 26.3 Å². The first kappa shape index (κ1) is 22.4. The van der Waals surface area contributed by atoms with Crippen LogP contribution in [0.1, 0.15) is 32.6 Å². The summed E-state index contributed by atoms with van der Waals surface area (Å²) in [5.41, 5.74) is -2.19. The summed E-state index contributed by atoms with van der Waals surface area (Å²) in [4.78, 5) is 13.6. The molecule has 4 nitrogen and oxygen atoms in total. The van der Waals surface area contributed by atoms with Crippen molar-refractivity contribution in [2.24, 2.45) is 0 Å². The quantitative estimate of drug-likeness (QED) is 0.508. The summed E-state index contributed by atoms with van der Waals surface area (Å²) in [6.07, 6.45) is -6.90. The topological polar surface area (TPSA) is 38.1 Å². The monoisotopic (exact) mass is 441 g/mol. The molecule has 0 radical (unpaired) electrons. The number of rotatable bonds is 5. The van der Waals surface area contributed by atoms with E-state index in [0.717, 1.165) is 10.5 Å². The average molecular weight is 441 g/mol. The fourth-order valence-electron chi connectivity index (χ4n) is 2.99. The lowest BCUT2D eigenvalue weighted by Gasteiger charge is -2.19. The third-order valence-electron chi connectivity index (χ3n) is 4.48. The fourth-order valence-corrected chi connectivity index (χ4v) is 2.99. The largest absolute Gasteiger partial charge is 0.416 e. The van der Waals surface area contributed by atoms with Gasteiger partial charge in [-0.15, -0.1) is 0 Å². The van der Waals surface area contributed by atoms with Crippen molar-refractivity contribution in [3.63, 3.8) is 0 Å². The van der Waals surface area contributed by atoms with Crippen molar-refractivity contribution in [3.8, 4) is 0 Å². The molecule has 1 aromatic heterocycles. The van der Waals surface area contributed by atoms with Crippen LogP contribution in [0.2, 0.25) is 0 Å². The molecule has 0 saturated carbocycles. The van der Waals surface area contributed by atoms with Crippen LogP contribution in [0, 0.1) is 0 Å². The molecule has 10 heteroatoms. The molecule has 0 fully saturated rings. The Labute approximate surface area is 173 Å². The van der Waals surface area contributed by atoms with E-state index in [-0.39, 0.29) is 12.6 Å². The summed E-state index contributed by atoms with van der Waals surface area (Å²) in [5.74, 6) is -0.965. The lowest BCUT2D eigenvalue weighted by Crippen LogP contribution is -2.27. The van der Waals surface area contributed by atoms with Crippen molar-refractivity contribution >= 4 is 5.91 Å². The van der Waals surface area contributed by atoms with Gasteiger partial charge in [0, 0.05) is 30.9 Å². The van der Waals surface area contributed by atoms with Crippen LogP contribution in [0.15, 0.2) is 60.9 Å². The molecule has 0 N–H and O–H groups in total. The first-order chi connectivity index (χ1) is 14.4. The number of aromatic nitrogens is 2. The third-order valence-corrected chi connectivity index (χ3v) is 4.48. The Morgan fingerprint density at radius 2 is 1.52 bits per heavy atom. The van der Waals surface area contributed by atoms with E-state index >= 15 is 0 Å². The second-order valence-electron chi connectivity index (χ2n) is 6.99. The van der Waals surface area contributed by atoms with Gasteiger partial charge in [-0.1, -0.05) is 30.3 Å². The second kappa shape index (κ2) is 8.44. The van der Waals surface area contributed by atoms with E-state index in [1.165, 1.54) is 13.2 Å². The first-order valence-corrected chi connectivity index (χ1v) is 9.03. The van der Waals surface area contributed by atoms with Gasteiger partial charge in [-0.05, 0) is 23.8 Å². The van der Waals surface area contributed by atoms with Gasteiger partial charge in [-0.2, -0.15) is 31.4 Å². The maximum atomic E-state index is 13.0. The summed E-state index contributed by atoms with van der Waals surface area (Å²) in [5, 5.41) is 4.17. The second-order valence-corrected chi connectivity index (χ2v) is 6.99. The standard InChI is InChI=1S/C21H17F6N3O/c1-29(11-15-10-28-30(13-15)12-14-5-3-2-4-6-14)19(31)16-7-17(20(22,23)24)9-18(8-16)21(25,26)27/h2-10,13H,11-12H2,1H3. The molecule has 0 aliphatic heterocycles. The first-order valence-electron chi connectivity index (χ1n) is 9.03. The van der Waals surface area contributed by atoms with Crippen molar-refractivity contribution in [2.75, 3.05) is 7.05 Å². The molecule has 0 unspecified atom stereocenters. The van der Waals surface area contributed by atoms with Crippen molar-refractivity contribution < 1.29 is 31.1 Å². The molecule has 2 aromatic carbocycles. The van der Waals surface area contributed by atoms with Crippen LogP contribution in [-0.4, -0.2) is 27.6 Å². The Balaban J connectivity index is 1.78. The predicted molar refractivity (Wildman–Crippen MR) is 100 cm³/mol. The SMILES string of the molecule is CN(Cc1cnn(Cc2ccccc2)c1)C(=O)c1cc(C(F)(F)F)cc(C(F)(F)F)c1. The number of carbonyl (C=O) groups is 1. The number of nitrogens with zero attached hydrogens (tertiary/aromatic N) is 3. The number of carbonyl (C=O) groups excluding carboxylic acids is 1. The van der Waals surface area contributed by atoms with E-state index in [9.17, 15) is 31.1 Å². The molecule has 3 rings (SSSR count). The van der Waals surface area contributed by atoms with Gasteiger partial charge in [0.15, 0.2) is 0 Å². The van der Waals surface area contributed by atoms with Gasteiger partial charge >= 0.3 is 12.4 Å². The van der Waals surface area contributed by atoms with E-state index in [2.05, 4.69) is 5.10 Å². The minimum Gasteiger partial charge on any atom is -0.337 e. The Bertz CT molecular complexity index is 1020. The van der Waals surface area contributed by atoms with Crippen molar-refractivity contribution in [1.29, 1.82) is 0 Å². The highest BCUT2D eigenvalue weighted by Gasteiger charge is 2.37. The average Bonchev–Trinajstić information content (AvgIpc) is 3.13. The van der Waals surface area contributed by atoms with Gasteiger partial charge < -0.3 is 4.90 Å². The molecule has 31 heavy (non-hydrogen) atoms. The van der Waals surface area contributed by atoms with Crippen molar-refractivity contribution in [2.45, 2.75) is 25.4 Å². The molecule has 0 aliphatic rings. The van der Waals surface area contributed by atoms with E-state index in [1.54, 1.807) is 10.9 Å². The summed E-state index contributed by atoms with van der Waals surface area (Å²) in [6.45, 7) is 0.437. The summed E-state index contributed by atoms with van der Waals surface area (Å²) < 4.78 is 79.8. The van der Waals surface area contributed by atoms with Gasteiger partial charge in [0.05, 0.1) is 23.9 Å². The smallest absolute Gasteiger partial charge is 0.337 e. The third kappa shape index (κ3) is 5.65. The zero-order valence-corrected chi connectivity index (χ0v) is 16.2. The van der Waals surface area contributed by atoms with Crippen LogP contribution in [0.5, 0.6) is 0 Å². The van der Waals surface area contributed by atoms with Gasteiger partial charge in [-0.25, -0.2) is 0 Å². The van der Waals surface area contributed by atoms with E-state index in [4.69, 9.17) is 0 Å². The van der Waals surface area contributed by atoms with Gasteiger partial charge in [0.1, 0.15) is 0 Å². The number of amides is 1. The Hall–Kier alpha value is -3.30. The molecule has 0 spiro atoms. The van der Waals surface area contributed by atoms with Crippen LogP contribution >= 0.6 is 0 Å². The fraction of sp³-hybridized carbons (Fsp3) is 0.238.